The van der Waals surface area contributed by atoms with Crippen molar-refractivity contribution in [3.63, 3.8) is 0 Å². The van der Waals surface area contributed by atoms with Crippen LogP contribution in [0.15, 0.2) is 41.8 Å². The molecule has 0 spiro atoms. The number of carbonyl (C=O) groups is 1. The van der Waals surface area contributed by atoms with E-state index in [-0.39, 0.29) is 12.4 Å². The number of halogens is 1. The van der Waals surface area contributed by atoms with Crippen LogP contribution in [-0.4, -0.2) is 11.2 Å². The van der Waals surface area contributed by atoms with Crippen LogP contribution in [0.25, 0.3) is 0 Å². The molecule has 1 heterocycles. The van der Waals surface area contributed by atoms with Crippen molar-refractivity contribution in [2.75, 3.05) is 4.90 Å². The van der Waals surface area contributed by atoms with Gasteiger partial charge in [-0.05, 0) is 35.2 Å². The van der Waals surface area contributed by atoms with Gasteiger partial charge in [-0.1, -0.05) is 12.1 Å². The summed E-state index contributed by atoms with van der Waals surface area (Å²) in [6, 6.07) is 9.44. The monoisotopic (exact) mass is 251 g/mol. The van der Waals surface area contributed by atoms with E-state index in [0.29, 0.717) is 10.6 Å². The Morgan fingerprint density at radius 1 is 1.35 bits per heavy atom. The van der Waals surface area contributed by atoms with E-state index in [2.05, 4.69) is 0 Å². The van der Waals surface area contributed by atoms with Crippen molar-refractivity contribution in [3.8, 4) is 0 Å². The average molecular weight is 251 g/mol. The second kappa shape index (κ2) is 4.97. The third-order valence-corrected chi connectivity index (χ3v) is 3.12. The number of carboxylic acid groups (broad SMARTS) is 1. The number of hydrogen-bond acceptors (Lipinski definition) is 2. The van der Waals surface area contributed by atoms with E-state index in [1.165, 1.54) is 28.4 Å². The lowest BCUT2D eigenvalue weighted by atomic mass is 10.2. The molecule has 1 aromatic carbocycles. The Morgan fingerprint density at radius 3 is 2.76 bits per heavy atom. The molecule has 0 fully saturated rings. The SMILES string of the molecule is O=C(O)N(Cc1cccc(F)c1)c1cccs1. The first-order chi connectivity index (χ1) is 8.16. The average Bonchev–Trinajstić information content (AvgIpc) is 2.78. The Kier molecular flexibility index (Phi) is 3.39. The minimum Gasteiger partial charge on any atom is -0.465 e. The fraction of sp³-hybridized carbons (Fsp3) is 0.0833. The normalized spacial score (nSPS) is 10.2. The lowest BCUT2D eigenvalue weighted by molar-refractivity contribution is 0.201. The predicted octanol–water partition coefficient (Wildman–Crippen LogP) is 3.57. The topological polar surface area (TPSA) is 40.5 Å². The number of nitrogens with zero attached hydrogens (tertiary/aromatic N) is 1. The van der Waals surface area contributed by atoms with Gasteiger partial charge in [0.25, 0.3) is 0 Å². The Bertz CT molecular complexity index is 513. The smallest absolute Gasteiger partial charge is 0.412 e. The first-order valence-corrected chi connectivity index (χ1v) is 5.83. The zero-order valence-electron chi connectivity index (χ0n) is 8.84. The van der Waals surface area contributed by atoms with Gasteiger partial charge in [0.15, 0.2) is 0 Å². The Labute approximate surface area is 102 Å². The van der Waals surface area contributed by atoms with Crippen molar-refractivity contribution < 1.29 is 14.3 Å². The Balaban J connectivity index is 2.22. The molecular weight excluding hydrogens is 241 g/mol. The van der Waals surface area contributed by atoms with Crippen LogP contribution in [-0.2, 0) is 6.54 Å². The molecule has 0 aliphatic rings. The van der Waals surface area contributed by atoms with Crippen LogP contribution >= 0.6 is 11.3 Å². The molecule has 0 radical (unpaired) electrons. The molecule has 2 rings (SSSR count). The van der Waals surface area contributed by atoms with Crippen LogP contribution in [0.4, 0.5) is 14.2 Å². The maximum Gasteiger partial charge on any atom is 0.412 e. The highest BCUT2D eigenvalue weighted by Gasteiger charge is 2.15. The van der Waals surface area contributed by atoms with Gasteiger partial charge in [-0.25, -0.2) is 9.18 Å². The third-order valence-electron chi connectivity index (χ3n) is 2.23. The summed E-state index contributed by atoms with van der Waals surface area (Å²) in [5, 5.41) is 11.5. The molecule has 17 heavy (non-hydrogen) atoms. The molecule has 0 bridgehead atoms. The first-order valence-electron chi connectivity index (χ1n) is 4.95. The van der Waals surface area contributed by atoms with Gasteiger partial charge in [0, 0.05) is 0 Å². The van der Waals surface area contributed by atoms with Gasteiger partial charge < -0.3 is 5.11 Å². The van der Waals surface area contributed by atoms with Gasteiger partial charge in [0.1, 0.15) is 10.8 Å². The maximum absolute atomic E-state index is 13.0. The minimum absolute atomic E-state index is 0.146. The summed E-state index contributed by atoms with van der Waals surface area (Å²) in [7, 11) is 0. The molecule has 88 valence electrons. The minimum atomic E-state index is -1.04. The highest BCUT2D eigenvalue weighted by Crippen LogP contribution is 2.23. The summed E-state index contributed by atoms with van der Waals surface area (Å²) in [5.74, 6) is -0.362. The van der Waals surface area contributed by atoms with E-state index >= 15 is 0 Å². The quantitative estimate of drug-likeness (QED) is 0.905. The second-order valence-electron chi connectivity index (χ2n) is 3.45. The molecule has 0 unspecified atom stereocenters. The fourth-order valence-electron chi connectivity index (χ4n) is 1.48. The van der Waals surface area contributed by atoms with Crippen molar-refractivity contribution in [1.29, 1.82) is 0 Å². The summed E-state index contributed by atoms with van der Waals surface area (Å²) in [6.07, 6.45) is -1.04. The fourth-order valence-corrected chi connectivity index (χ4v) is 2.20. The summed E-state index contributed by atoms with van der Waals surface area (Å²) >= 11 is 1.33. The van der Waals surface area contributed by atoms with E-state index < -0.39 is 6.09 Å². The highest BCUT2D eigenvalue weighted by molar-refractivity contribution is 7.14. The maximum atomic E-state index is 13.0. The summed E-state index contributed by atoms with van der Waals surface area (Å²) < 4.78 is 13.0. The first kappa shape index (κ1) is 11.6. The van der Waals surface area contributed by atoms with Gasteiger partial charge in [-0.3, -0.25) is 4.90 Å². The Hall–Kier alpha value is -1.88. The van der Waals surface area contributed by atoms with Crippen LogP contribution in [0.3, 0.4) is 0 Å². The van der Waals surface area contributed by atoms with Crippen molar-refractivity contribution in [3.05, 3.63) is 53.2 Å². The molecule has 0 saturated carbocycles. The highest BCUT2D eigenvalue weighted by atomic mass is 32.1. The molecule has 2 aromatic rings. The van der Waals surface area contributed by atoms with Gasteiger partial charge in [-0.2, -0.15) is 0 Å². The molecule has 0 atom stereocenters. The summed E-state index contributed by atoms with van der Waals surface area (Å²) in [5.41, 5.74) is 0.626. The van der Waals surface area contributed by atoms with Crippen LogP contribution < -0.4 is 4.90 Å². The number of amides is 1. The Morgan fingerprint density at radius 2 is 2.18 bits per heavy atom. The van der Waals surface area contributed by atoms with Gasteiger partial charge in [0.05, 0.1) is 6.54 Å². The van der Waals surface area contributed by atoms with Crippen LogP contribution in [0.5, 0.6) is 0 Å². The van der Waals surface area contributed by atoms with E-state index in [9.17, 15) is 9.18 Å². The molecule has 0 aliphatic carbocycles. The number of hydrogen-bond donors (Lipinski definition) is 1. The lowest BCUT2D eigenvalue weighted by Crippen LogP contribution is -2.27. The number of thiophene rings is 1. The molecule has 0 saturated heterocycles. The standard InChI is InChI=1S/C12H10FNO2S/c13-10-4-1-3-9(7-10)8-14(12(15)16)11-5-2-6-17-11/h1-7H,8H2,(H,15,16). The second-order valence-corrected chi connectivity index (χ2v) is 4.38. The molecule has 1 amide bonds. The van der Waals surface area contributed by atoms with E-state index in [1.54, 1.807) is 29.6 Å². The molecule has 5 heteroatoms. The van der Waals surface area contributed by atoms with Crippen molar-refractivity contribution in [1.82, 2.24) is 0 Å². The molecule has 0 aliphatic heterocycles. The van der Waals surface area contributed by atoms with Gasteiger partial charge >= 0.3 is 6.09 Å². The zero-order valence-corrected chi connectivity index (χ0v) is 9.65. The predicted molar refractivity (Wildman–Crippen MR) is 64.9 cm³/mol. The van der Waals surface area contributed by atoms with Crippen molar-refractivity contribution >= 4 is 22.4 Å². The molecule has 3 nitrogen and oxygen atoms in total. The van der Waals surface area contributed by atoms with Crippen molar-refractivity contribution in [2.24, 2.45) is 0 Å². The third kappa shape index (κ3) is 2.82. The van der Waals surface area contributed by atoms with Crippen molar-refractivity contribution in [2.45, 2.75) is 6.54 Å². The molecule has 1 aromatic heterocycles. The van der Waals surface area contributed by atoms with Crippen LogP contribution in [0.1, 0.15) is 5.56 Å². The van der Waals surface area contributed by atoms with E-state index in [0.717, 1.165) is 0 Å². The van der Waals surface area contributed by atoms with Crippen LogP contribution in [0.2, 0.25) is 0 Å². The van der Waals surface area contributed by atoms with E-state index in [1.807, 2.05) is 0 Å². The van der Waals surface area contributed by atoms with E-state index in [4.69, 9.17) is 5.11 Å². The van der Waals surface area contributed by atoms with Gasteiger partial charge in [-0.15, -0.1) is 11.3 Å². The molecule has 1 N–H and O–H groups in total. The summed E-state index contributed by atoms with van der Waals surface area (Å²) in [6.45, 7) is 0.146. The number of anilines is 1. The van der Waals surface area contributed by atoms with Gasteiger partial charge in [0.2, 0.25) is 0 Å². The lowest BCUT2D eigenvalue weighted by Gasteiger charge is -2.17. The number of benzene rings is 1. The zero-order chi connectivity index (χ0) is 12.3. The van der Waals surface area contributed by atoms with Crippen LogP contribution in [0, 0.1) is 5.82 Å². The summed E-state index contributed by atoms with van der Waals surface area (Å²) in [4.78, 5) is 12.3. The number of rotatable bonds is 3. The largest absolute Gasteiger partial charge is 0.465 e. The molecular formula is C12H10FNO2S.